The number of carbonyl (C=O) groups is 1. The molecule has 2 aliphatic carbocycles. The predicted octanol–water partition coefficient (Wildman–Crippen LogP) is 0.934. The SMILES string of the molecule is C=CC(=O)OC(O)(O)C12CCC(CC1)C2. The van der Waals surface area contributed by atoms with Gasteiger partial charge in [0.2, 0.25) is 0 Å². The Morgan fingerprint density at radius 2 is 2.07 bits per heavy atom. The van der Waals surface area contributed by atoms with Gasteiger partial charge in [-0.3, -0.25) is 0 Å². The average molecular weight is 212 g/mol. The molecule has 0 unspecified atom stereocenters. The minimum absolute atomic E-state index is 0.561. The number of carbonyl (C=O) groups excluding carboxylic acids is 1. The predicted molar refractivity (Wildman–Crippen MR) is 52.5 cm³/mol. The van der Waals surface area contributed by atoms with Gasteiger partial charge >= 0.3 is 11.9 Å². The lowest BCUT2D eigenvalue weighted by atomic mass is 9.81. The van der Waals surface area contributed by atoms with Crippen LogP contribution in [0.3, 0.4) is 0 Å². The molecule has 0 atom stereocenters. The van der Waals surface area contributed by atoms with E-state index < -0.39 is 17.4 Å². The number of ether oxygens (including phenoxy) is 1. The molecule has 0 aromatic rings. The third-order valence-electron chi connectivity index (χ3n) is 3.84. The van der Waals surface area contributed by atoms with E-state index in [0.29, 0.717) is 5.92 Å². The number of hydrogen-bond donors (Lipinski definition) is 2. The second-order valence-corrected chi connectivity index (χ2v) is 4.66. The van der Waals surface area contributed by atoms with E-state index in [-0.39, 0.29) is 0 Å². The van der Waals surface area contributed by atoms with Crippen LogP contribution in [0.5, 0.6) is 0 Å². The lowest BCUT2D eigenvalue weighted by Crippen LogP contribution is -2.49. The van der Waals surface area contributed by atoms with Gasteiger partial charge in [0.15, 0.2) is 0 Å². The highest BCUT2D eigenvalue weighted by Gasteiger charge is 2.59. The molecular formula is C11H16O4. The molecule has 2 fully saturated rings. The Morgan fingerprint density at radius 3 is 2.47 bits per heavy atom. The zero-order valence-corrected chi connectivity index (χ0v) is 8.61. The minimum atomic E-state index is -2.33. The fraction of sp³-hybridized carbons (Fsp3) is 0.727. The molecule has 0 aliphatic heterocycles. The Balaban J connectivity index is 2.14. The van der Waals surface area contributed by atoms with Crippen molar-refractivity contribution < 1.29 is 19.7 Å². The van der Waals surface area contributed by atoms with Gasteiger partial charge in [-0.2, -0.15) is 0 Å². The summed E-state index contributed by atoms with van der Waals surface area (Å²) in [6, 6.07) is 0. The summed E-state index contributed by atoms with van der Waals surface area (Å²) in [6.07, 6.45) is 5.11. The van der Waals surface area contributed by atoms with Crippen LogP contribution in [0.15, 0.2) is 12.7 Å². The first-order chi connectivity index (χ1) is 6.99. The van der Waals surface area contributed by atoms with Gasteiger partial charge in [-0.15, -0.1) is 0 Å². The lowest BCUT2D eigenvalue weighted by molar-refractivity contribution is -0.373. The van der Waals surface area contributed by atoms with Gasteiger partial charge in [0.1, 0.15) is 0 Å². The van der Waals surface area contributed by atoms with Crippen LogP contribution in [0.4, 0.5) is 0 Å². The Bertz CT molecular complexity index is 287. The molecule has 0 saturated heterocycles. The van der Waals surface area contributed by atoms with Crippen molar-refractivity contribution in [1.82, 2.24) is 0 Å². The van der Waals surface area contributed by atoms with E-state index in [2.05, 4.69) is 11.3 Å². The fourth-order valence-electron chi connectivity index (χ4n) is 2.94. The van der Waals surface area contributed by atoms with Crippen molar-refractivity contribution in [2.45, 2.75) is 38.1 Å². The first-order valence-corrected chi connectivity index (χ1v) is 5.29. The second-order valence-electron chi connectivity index (χ2n) is 4.66. The van der Waals surface area contributed by atoms with E-state index in [1.807, 2.05) is 0 Å². The quantitative estimate of drug-likeness (QED) is 0.415. The normalized spacial score (nSPS) is 34.1. The van der Waals surface area contributed by atoms with Crippen molar-refractivity contribution in [3.8, 4) is 0 Å². The van der Waals surface area contributed by atoms with Crippen molar-refractivity contribution in [2.24, 2.45) is 11.3 Å². The summed E-state index contributed by atoms with van der Waals surface area (Å²) in [4.78, 5) is 11.0. The Labute approximate surface area is 88.6 Å². The molecule has 2 aliphatic rings. The van der Waals surface area contributed by atoms with Gasteiger partial charge in [-0.05, 0) is 38.0 Å². The van der Waals surface area contributed by atoms with Gasteiger partial charge in [-0.25, -0.2) is 4.79 Å². The fourth-order valence-corrected chi connectivity index (χ4v) is 2.94. The van der Waals surface area contributed by atoms with Gasteiger partial charge in [0.05, 0.1) is 5.41 Å². The average Bonchev–Trinajstić information content (AvgIpc) is 2.77. The van der Waals surface area contributed by atoms with Crippen LogP contribution in [0.25, 0.3) is 0 Å². The van der Waals surface area contributed by atoms with E-state index in [4.69, 9.17) is 0 Å². The summed E-state index contributed by atoms with van der Waals surface area (Å²) < 4.78 is 4.65. The number of hydrogen-bond acceptors (Lipinski definition) is 4. The second kappa shape index (κ2) is 3.32. The Morgan fingerprint density at radius 1 is 1.47 bits per heavy atom. The molecule has 84 valence electrons. The van der Waals surface area contributed by atoms with Crippen LogP contribution >= 0.6 is 0 Å². The minimum Gasteiger partial charge on any atom is -0.404 e. The standard InChI is InChI=1S/C11H16O4/c1-2-9(12)15-11(13,14)10-5-3-8(7-10)4-6-10/h2,8,13-14H,1,3-7H2. The highest BCUT2D eigenvalue weighted by molar-refractivity contribution is 5.81. The summed E-state index contributed by atoms with van der Waals surface area (Å²) in [5.74, 6) is -2.56. The Kier molecular flexibility index (Phi) is 2.35. The molecule has 0 heterocycles. The van der Waals surface area contributed by atoms with Crippen molar-refractivity contribution >= 4 is 5.97 Å². The van der Waals surface area contributed by atoms with Crippen molar-refractivity contribution in [2.75, 3.05) is 0 Å². The van der Waals surface area contributed by atoms with E-state index in [1.54, 1.807) is 0 Å². The lowest BCUT2D eigenvalue weighted by Gasteiger charge is -2.37. The van der Waals surface area contributed by atoms with Gasteiger partial charge in [0, 0.05) is 6.08 Å². The van der Waals surface area contributed by atoms with E-state index in [9.17, 15) is 15.0 Å². The van der Waals surface area contributed by atoms with E-state index in [1.165, 1.54) is 0 Å². The third-order valence-corrected chi connectivity index (χ3v) is 3.84. The topological polar surface area (TPSA) is 66.8 Å². The molecule has 0 amide bonds. The molecule has 0 aromatic heterocycles. The largest absolute Gasteiger partial charge is 0.404 e. The van der Waals surface area contributed by atoms with Crippen LogP contribution < -0.4 is 0 Å². The van der Waals surface area contributed by atoms with Gasteiger partial charge in [0.25, 0.3) is 0 Å². The van der Waals surface area contributed by atoms with E-state index >= 15 is 0 Å². The monoisotopic (exact) mass is 212 g/mol. The smallest absolute Gasteiger partial charge is 0.334 e. The van der Waals surface area contributed by atoms with Crippen LogP contribution in [0.1, 0.15) is 32.1 Å². The number of fused-ring (bicyclic) bond motifs is 2. The number of esters is 1. The van der Waals surface area contributed by atoms with Crippen molar-refractivity contribution in [1.29, 1.82) is 0 Å². The molecular weight excluding hydrogens is 196 g/mol. The highest BCUT2D eigenvalue weighted by atomic mass is 16.8. The van der Waals surface area contributed by atoms with Crippen LogP contribution in [0, 0.1) is 11.3 Å². The maximum atomic E-state index is 11.0. The van der Waals surface area contributed by atoms with Gasteiger partial charge in [-0.1, -0.05) is 6.58 Å². The molecule has 4 nitrogen and oxygen atoms in total. The molecule has 15 heavy (non-hydrogen) atoms. The molecule has 2 N–H and O–H groups in total. The Hall–Kier alpha value is -0.870. The first-order valence-electron chi connectivity index (χ1n) is 5.29. The summed E-state index contributed by atoms with van der Waals surface area (Å²) in [6.45, 7) is 3.23. The molecule has 0 aromatic carbocycles. The zero-order chi connectivity index (χ0) is 11.1. The zero-order valence-electron chi connectivity index (χ0n) is 8.61. The summed E-state index contributed by atoms with van der Waals surface area (Å²) in [5, 5.41) is 19.7. The molecule has 2 saturated carbocycles. The molecule has 4 heteroatoms. The molecule has 2 rings (SSSR count). The van der Waals surface area contributed by atoms with Crippen molar-refractivity contribution in [3.63, 3.8) is 0 Å². The molecule has 0 radical (unpaired) electrons. The maximum Gasteiger partial charge on any atom is 0.334 e. The van der Waals surface area contributed by atoms with Crippen LogP contribution in [-0.4, -0.2) is 22.2 Å². The molecule has 2 bridgehead atoms. The van der Waals surface area contributed by atoms with Crippen molar-refractivity contribution in [3.05, 3.63) is 12.7 Å². The first kappa shape index (κ1) is 10.6. The molecule has 0 spiro atoms. The number of aliphatic hydroxyl groups is 2. The summed E-state index contributed by atoms with van der Waals surface area (Å²) >= 11 is 0. The van der Waals surface area contributed by atoms with E-state index in [0.717, 1.165) is 38.2 Å². The summed E-state index contributed by atoms with van der Waals surface area (Å²) in [7, 11) is 0. The van der Waals surface area contributed by atoms with Crippen LogP contribution in [0.2, 0.25) is 0 Å². The highest BCUT2D eigenvalue weighted by Crippen LogP contribution is 2.58. The maximum absolute atomic E-state index is 11.0. The summed E-state index contributed by atoms with van der Waals surface area (Å²) in [5.41, 5.74) is -0.643. The third kappa shape index (κ3) is 1.58. The van der Waals surface area contributed by atoms with Crippen LogP contribution in [-0.2, 0) is 9.53 Å². The van der Waals surface area contributed by atoms with Gasteiger partial charge < -0.3 is 14.9 Å². The number of rotatable bonds is 3.